The second kappa shape index (κ2) is 8.80. The lowest BCUT2D eigenvalue weighted by molar-refractivity contribution is -0.137. The van der Waals surface area contributed by atoms with E-state index < -0.39 is 6.04 Å². The smallest absolute Gasteiger partial charge is 0.251 e. The van der Waals surface area contributed by atoms with Crippen molar-refractivity contribution in [2.24, 2.45) is 11.7 Å². The largest absolute Gasteiger partial charge is 0.352 e. The molecule has 1 aliphatic heterocycles. The second-order valence-corrected chi connectivity index (χ2v) is 7.08. The highest BCUT2D eigenvalue weighted by molar-refractivity contribution is 5.95. The Bertz CT molecular complexity index is 647. The highest BCUT2D eigenvalue weighted by Gasteiger charge is 2.40. The Kier molecular flexibility index (Phi) is 6.74. The number of hydrogen-bond acceptors (Lipinski definition) is 4. The molecule has 0 radical (unpaired) electrons. The van der Waals surface area contributed by atoms with Gasteiger partial charge in [0.15, 0.2) is 0 Å². The molecule has 1 aromatic carbocycles. The lowest BCUT2D eigenvalue weighted by Gasteiger charge is -2.26. The van der Waals surface area contributed by atoms with Gasteiger partial charge in [0.05, 0.1) is 6.54 Å². The van der Waals surface area contributed by atoms with E-state index in [0.29, 0.717) is 12.0 Å². The molecule has 0 aromatic heterocycles. The molecule has 1 saturated heterocycles. The van der Waals surface area contributed by atoms with Crippen molar-refractivity contribution in [3.8, 4) is 0 Å². The first-order valence-electron chi connectivity index (χ1n) is 8.99. The SMILES string of the molecule is CC(C)C(C)NC(=O)[C@@H]1C[C@@H](NC(=O)c2ccccc2)CN1C(=O)CN. The summed E-state index contributed by atoms with van der Waals surface area (Å²) in [6.07, 6.45) is 0.376. The van der Waals surface area contributed by atoms with Gasteiger partial charge in [-0.3, -0.25) is 14.4 Å². The van der Waals surface area contributed by atoms with Gasteiger partial charge in [-0.1, -0.05) is 32.0 Å². The van der Waals surface area contributed by atoms with Crippen molar-refractivity contribution >= 4 is 17.7 Å². The van der Waals surface area contributed by atoms with E-state index in [0.717, 1.165) is 0 Å². The van der Waals surface area contributed by atoms with E-state index in [-0.39, 0.29) is 48.8 Å². The van der Waals surface area contributed by atoms with E-state index in [4.69, 9.17) is 5.73 Å². The molecule has 4 N–H and O–H groups in total. The summed E-state index contributed by atoms with van der Waals surface area (Å²) in [7, 11) is 0. The lowest BCUT2D eigenvalue weighted by Crippen LogP contribution is -2.50. The number of nitrogens with one attached hydrogen (secondary N) is 2. The molecule has 0 saturated carbocycles. The van der Waals surface area contributed by atoms with Crippen LogP contribution in [0.1, 0.15) is 37.6 Å². The van der Waals surface area contributed by atoms with E-state index in [9.17, 15) is 14.4 Å². The van der Waals surface area contributed by atoms with E-state index in [1.807, 2.05) is 26.8 Å². The molecule has 1 heterocycles. The van der Waals surface area contributed by atoms with E-state index in [1.54, 1.807) is 24.3 Å². The van der Waals surface area contributed by atoms with Crippen LogP contribution in [0.4, 0.5) is 0 Å². The maximum absolute atomic E-state index is 12.6. The maximum Gasteiger partial charge on any atom is 0.251 e. The standard InChI is InChI=1S/C19H28N4O3/c1-12(2)13(3)21-19(26)16-9-15(11-23(16)17(24)10-20)22-18(25)14-7-5-4-6-8-14/h4-8,12-13,15-16H,9-11,20H2,1-3H3,(H,21,26)(H,22,25)/t13?,15-,16+/m1/s1. The Balaban J connectivity index is 2.06. The summed E-state index contributed by atoms with van der Waals surface area (Å²) in [4.78, 5) is 38.6. The van der Waals surface area contributed by atoms with Gasteiger partial charge in [-0.2, -0.15) is 0 Å². The Morgan fingerprint density at radius 2 is 1.85 bits per heavy atom. The van der Waals surface area contributed by atoms with E-state index in [1.165, 1.54) is 4.90 Å². The second-order valence-electron chi connectivity index (χ2n) is 7.08. The molecule has 3 amide bonds. The number of benzene rings is 1. The summed E-state index contributed by atoms with van der Waals surface area (Å²) in [6.45, 7) is 6.09. The Hall–Kier alpha value is -2.41. The number of hydrogen-bond donors (Lipinski definition) is 3. The summed E-state index contributed by atoms with van der Waals surface area (Å²) in [5, 5.41) is 5.86. The van der Waals surface area contributed by atoms with Crippen LogP contribution in [-0.4, -0.2) is 53.8 Å². The molecule has 7 nitrogen and oxygen atoms in total. The molecule has 0 bridgehead atoms. The quantitative estimate of drug-likeness (QED) is 0.687. The number of nitrogens with zero attached hydrogens (tertiary/aromatic N) is 1. The van der Waals surface area contributed by atoms with Crippen LogP contribution in [0.3, 0.4) is 0 Å². The van der Waals surface area contributed by atoms with Crippen molar-refractivity contribution < 1.29 is 14.4 Å². The van der Waals surface area contributed by atoms with Gasteiger partial charge in [0.2, 0.25) is 11.8 Å². The van der Waals surface area contributed by atoms with E-state index >= 15 is 0 Å². The summed E-state index contributed by atoms with van der Waals surface area (Å²) in [5.41, 5.74) is 6.04. The van der Waals surface area contributed by atoms with Gasteiger partial charge < -0.3 is 21.3 Å². The average Bonchev–Trinajstić information content (AvgIpc) is 3.05. The Labute approximate surface area is 154 Å². The lowest BCUT2D eigenvalue weighted by atomic mass is 10.1. The van der Waals surface area contributed by atoms with Gasteiger partial charge in [0.25, 0.3) is 5.91 Å². The van der Waals surface area contributed by atoms with Crippen LogP contribution in [0.25, 0.3) is 0 Å². The van der Waals surface area contributed by atoms with Crippen LogP contribution in [0.5, 0.6) is 0 Å². The minimum Gasteiger partial charge on any atom is -0.352 e. The molecule has 7 heteroatoms. The van der Waals surface area contributed by atoms with Crippen molar-refractivity contribution in [3.05, 3.63) is 35.9 Å². The van der Waals surface area contributed by atoms with Crippen molar-refractivity contribution in [1.82, 2.24) is 15.5 Å². The molecule has 1 aliphatic rings. The zero-order chi connectivity index (χ0) is 19.3. The van der Waals surface area contributed by atoms with Crippen LogP contribution < -0.4 is 16.4 Å². The third kappa shape index (κ3) is 4.82. The first-order chi connectivity index (χ1) is 12.3. The van der Waals surface area contributed by atoms with Gasteiger partial charge >= 0.3 is 0 Å². The van der Waals surface area contributed by atoms with Crippen LogP contribution in [0, 0.1) is 5.92 Å². The predicted octanol–water partition coefficient (Wildman–Crippen LogP) is 0.505. The number of likely N-dealkylation sites (tertiary alicyclic amines) is 1. The molecule has 3 atom stereocenters. The number of carbonyl (C=O) groups excluding carboxylic acids is 3. The zero-order valence-electron chi connectivity index (χ0n) is 15.6. The van der Waals surface area contributed by atoms with Crippen LogP contribution in [-0.2, 0) is 9.59 Å². The summed E-state index contributed by atoms with van der Waals surface area (Å²) in [5.74, 6) is -0.428. The fourth-order valence-electron chi connectivity index (χ4n) is 2.93. The molecule has 2 rings (SSSR count). The summed E-state index contributed by atoms with van der Waals surface area (Å²) in [6, 6.07) is 7.95. The van der Waals surface area contributed by atoms with Gasteiger partial charge in [-0.25, -0.2) is 0 Å². The van der Waals surface area contributed by atoms with Gasteiger partial charge in [0, 0.05) is 24.2 Å². The van der Waals surface area contributed by atoms with Crippen LogP contribution in [0.15, 0.2) is 30.3 Å². The van der Waals surface area contributed by atoms with Crippen LogP contribution in [0.2, 0.25) is 0 Å². The zero-order valence-corrected chi connectivity index (χ0v) is 15.6. The normalized spacial score (nSPS) is 20.7. The molecule has 142 valence electrons. The maximum atomic E-state index is 12.6. The van der Waals surface area contributed by atoms with Crippen molar-refractivity contribution in [2.45, 2.75) is 45.3 Å². The molecular formula is C19H28N4O3. The topological polar surface area (TPSA) is 105 Å². The van der Waals surface area contributed by atoms with Crippen molar-refractivity contribution in [3.63, 3.8) is 0 Å². The summed E-state index contributed by atoms with van der Waals surface area (Å²) >= 11 is 0. The minimum atomic E-state index is -0.617. The molecule has 26 heavy (non-hydrogen) atoms. The molecule has 1 fully saturated rings. The number of nitrogens with two attached hydrogens (primary N) is 1. The first-order valence-corrected chi connectivity index (χ1v) is 8.99. The van der Waals surface area contributed by atoms with Gasteiger partial charge in [0.1, 0.15) is 6.04 Å². The average molecular weight is 360 g/mol. The van der Waals surface area contributed by atoms with E-state index in [2.05, 4.69) is 10.6 Å². The molecular weight excluding hydrogens is 332 g/mol. The number of amides is 3. The predicted molar refractivity (Wildman–Crippen MR) is 99.3 cm³/mol. The first kappa shape index (κ1) is 19.9. The third-order valence-electron chi connectivity index (χ3n) is 4.84. The molecule has 1 unspecified atom stereocenters. The number of carbonyl (C=O) groups is 3. The highest BCUT2D eigenvalue weighted by atomic mass is 16.2. The van der Waals surface area contributed by atoms with Crippen LogP contribution >= 0.6 is 0 Å². The Morgan fingerprint density at radius 1 is 1.19 bits per heavy atom. The fourth-order valence-corrected chi connectivity index (χ4v) is 2.93. The highest BCUT2D eigenvalue weighted by Crippen LogP contribution is 2.19. The minimum absolute atomic E-state index is 0.00436. The monoisotopic (exact) mass is 360 g/mol. The van der Waals surface area contributed by atoms with Gasteiger partial charge in [-0.15, -0.1) is 0 Å². The molecule has 0 aliphatic carbocycles. The molecule has 0 spiro atoms. The molecule has 1 aromatic rings. The summed E-state index contributed by atoms with van der Waals surface area (Å²) < 4.78 is 0. The Morgan fingerprint density at radius 3 is 2.42 bits per heavy atom. The third-order valence-corrected chi connectivity index (χ3v) is 4.84. The van der Waals surface area contributed by atoms with Crippen molar-refractivity contribution in [2.75, 3.05) is 13.1 Å². The van der Waals surface area contributed by atoms with Gasteiger partial charge in [-0.05, 0) is 31.4 Å². The van der Waals surface area contributed by atoms with Crippen molar-refractivity contribution in [1.29, 1.82) is 0 Å². The number of rotatable bonds is 6. The fraction of sp³-hybridized carbons (Fsp3) is 0.526.